The Morgan fingerprint density at radius 3 is 2.33 bits per heavy atom. The molecule has 0 bridgehead atoms. The monoisotopic (exact) mass is 303 g/mol. The Labute approximate surface area is 124 Å². The number of ether oxygens (including phenoxy) is 1. The summed E-state index contributed by atoms with van der Waals surface area (Å²) in [4.78, 5) is 0. The molecule has 1 aromatic carbocycles. The first-order valence-corrected chi connectivity index (χ1v) is 7.46. The molecule has 2 unspecified atom stereocenters. The second kappa shape index (κ2) is 8.39. The number of likely N-dealkylation sites (N-methyl/N-ethyl adjacent to an activating group) is 1. The van der Waals surface area contributed by atoms with Crippen molar-refractivity contribution in [1.29, 1.82) is 0 Å². The maximum Gasteiger partial charge on any atom is 0.416 e. The smallest absolute Gasteiger partial charge is 0.377 e. The van der Waals surface area contributed by atoms with Crippen molar-refractivity contribution in [2.75, 3.05) is 13.2 Å². The second-order valence-electron chi connectivity index (χ2n) is 4.90. The van der Waals surface area contributed by atoms with E-state index >= 15 is 0 Å². The van der Waals surface area contributed by atoms with Gasteiger partial charge in [0.25, 0.3) is 0 Å². The molecule has 0 fully saturated rings. The van der Waals surface area contributed by atoms with Crippen LogP contribution in [-0.2, 0) is 10.9 Å². The summed E-state index contributed by atoms with van der Waals surface area (Å²) in [5, 5.41) is 3.16. The van der Waals surface area contributed by atoms with Crippen LogP contribution < -0.4 is 5.32 Å². The summed E-state index contributed by atoms with van der Waals surface area (Å²) in [6.45, 7) is 6.83. The zero-order valence-corrected chi connectivity index (χ0v) is 12.8. The summed E-state index contributed by atoms with van der Waals surface area (Å²) in [6, 6.07) is 5.29. The van der Waals surface area contributed by atoms with Crippen molar-refractivity contribution in [2.45, 2.75) is 51.9 Å². The number of nitrogens with one attached hydrogen (secondary N) is 1. The zero-order valence-electron chi connectivity index (χ0n) is 12.8. The van der Waals surface area contributed by atoms with Gasteiger partial charge in [-0.2, -0.15) is 13.2 Å². The van der Waals surface area contributed by atoms with Crippen LogP contribution in [0.4, 0.5) is 13.2 Å². The second-order valence-corrected chi connectivity index (χ2v) is 4.90. The number of hydrogen-bond donors (Lipinski definition) is 1. The van der Waals surface area contributed by atoms with Gasteiger partial charge in [0.05, 0.1) is 17.7 Å². The van der Waals surface area contributed by atoms with Gasteiger partial charge in [-0.1, -0.05) is 38.5 Å². The molecule has 0 aliphatic heterocycles. The van der Waals surface area contributed by atoms with Crippen molar-refractivity contribution in [3.05, 3.63) is 35.4 Å². The van der Waals surface area contributed by atoms with Gasteiger partial charge in [-0.3, -0.25) is 0 Å². The molecular formula is C16H24F3NO. The first-order chi connectivity index (χ1) is 9.95. The third-order valence-corrected chi connectivity index (χ3v) is 3.35. The van der Waals surface area contributed by atoms with Gasteiger partial charge in [0.2, 0.25) is 0 Å². The Balaban J connectivity index is 3.21. The average Bonchev–Trinajstić information content (AvgIpc) is 2.44. The molecule has 5 heteroatoms. The summed E-state index contributed by atoms with van der Waals surface area (Å²) >= 11 is 0. The fourth-order valence-corrected chi connectivity index (χ4v) is 2.53. The molecule has 0 aliphatic rings. The minimum atomic E-state index is -4.35. The van der Waals surface area contributed by atoms with E-state index < -0.39 is 17.8 Å². The SMILES string of the molecule is CCCC(OCC)C(NCC)c1ccccc1C(F)(F)F. The molecule has 1 aromatic rings. The summed E-state index contributed by atoms with van der Waals surface area (Å²) in [5.41, 5.74) is -0.324. The number of halogens is 3. The van der Waals surface area contributed by atoms with E-state index in [1.54, 1.807) is 6.07 Å². The molecule has 0 amide bonds. The van der Waals surface area contributed by atoms with Gasteiger partial charge in [0.15, 0.2) is 0 Å². The van der Waals surface area contributed by atoms with Crippen LogP contribution in [0.3, 0.4) is 0 Å². The Morgan fingerprint density at radius 2 is 1.81 bits per heavy atom. The molecule has 0 radical (unpaired) electrons. The topological polar surface area (TPSA) is 21.3 Å². The Morgan fingerprint density at radius 1 is 1.14 bits per heavy atom. The van der Waals surface area contributed by atoms with Gasteiger partial charge in [0.1, 0.15) is 0 Å². The highest BCUT2D eigenvalue weighted by molar-refractivity contribution is 5.33. The average molecular weight is 303 g/mol. The van der Waals surface area contributed by atoms with E-state index in [0.717, 1.165) is 18.9 Å². The van der Waals surface area contributed by atoms with Crippen LogP contribution in [0.15, 0.2) is 24.3 Å². The van der Waals surface area contributed by atoms with Gasteiger partial charge in [0, 0.05) is 6.61 Å². The Kier molecular flexibility index (Phi) is 7.18. The molecule has 0 saturated heterocycles. The lowest BCUT2D eigenvalue weighted by Gasteiger charge is -2.30. The van der Waals surface area contributed by atoms with Gasteiger partial charge in [-0.25, -0.2) is 0 Å². The molecule has 0 heterocycles. The minimum Gasteiger partial charge on any atom is -0.377 e. The lowest BCUT2D eigenvalue weighted by atomic mass is 9.93. The number of hydrogen-bond acceptors (Lipinski definition) is 2. The summed E-state index contributed by atoms with van der Waals surface area (Å²) in [5.74, 6) is 0. The molecule has 1 rings (SSSR count). The molecule has 1 N–H and O–H groups in total. The third kappa shape index (κ3) is 5.00. The standard InChI is InChI=1S/C16H24F3NO/c1-4-9-14(21-6-3)15(20-5-2)12-10-7-8-11-13(12)16(17,18)19/h7-8,10-11,14-15,20H,4-6,9H2,1-3H3. The Hall–Kier alpha value is -1.07. The summed E-state index contributed by atoms with van der Waals surface area (Å²) < 4.78 is 45.3. The molecule has 0 saturated carbocycles. The fourth-order valence-electron chi connectivity index (χ4n) is 2.53. The number of rotatable bonds is 8. The normalized spacial score (nSPS) is 15.0. The van der Waals surface area contributed by atoms with E-state index in [4.69, 9.17) is 4.74 Å². The molecule has 21 heavy (non-hydrogen) atoms. The number of benzene rings is 1. The van der Waals surface area contributed by atoms with Crippen LogP contribution in [0, 0.1) is 0 Å². The predicted molar refractivity (Wildman–Crippen MR) is 78.2 cm³/mol. The van der Waals surface area contributed by atoms with E-state index in [0.29, 0.717) is 13.2 Å². The van der Waals surface area contributed by atoms with Gasteiger partial charge in [-0.15, -0.1) is 0 Å². The maximum atomic E-state index is 13.2. The lowest BCUT2D eigenvalue weighted by molar-refractivity contribution is -0.138. The van der Waals surface area contributed by atoms with Crippen molar-refractivity contribution in [2.24, 2.45) is 0 Å². The number of alkyl halides is 3. The first kappa shape index (κ1) is 18.0. The van der Waals surface area contributed by atoms with Crippen molar-refractivity contribution < 1.29 is 17.9 Å². The van der Waals surface area contributed by atoms with Gasteiger partial charge >= 0.3 is 6.18 Å². The van der Waals surface area contributed by atoms with Crippen molar-refractivity contribution in [3.8, 4) is 0 Å². The highest BCUT2D eigenvalue weighted by Crippen LogP contribution is 2.36. The van der Waals surface area contributed by atoms with Crippen molar-refractivity contribution >= 4 is 0 Å². The van der Waals surface area contributed by atoms with Crippen LogP contribution in [0.1, 0.15) is 50.8 Å². The van der Waals surface area contributed by atoms with Crippen LogP contribution in [0.5, 0.6) is 0 Å². The lowest BCUT2D eigenvalue weighted by Crippen LogP contribution is -2.35. The molecular weight excluding hydrogens is 279 g/mol. The van der Waals surface area contributed by atoms with Crippen LogP contribution in [-0.4, -0.2) is 19.3 Å². The molecule has 2 atom stereocenters. The van der Waals surface area contributed by atoms with E-state index in [2.05, 4.69) is 5.32 Å². The van der Waals surface area contributed by atoms with E-state index in [1.165, 1.54) is 12.1 Å². The summed E-state index contributed by atoms with van der Waals surface area (Å²) in [7, 11) is 0. The van der Waals surface area contributed by atoms with Crippen molar-refractivity contribution in [3.63, 3.8) is 0 Å². The molecule has 0 spiro atoms. The van der Waals surface area contributed by atoms with Crippen LogP contribution in [0.2, 0.25) is 0 Å². The molecule has 2 nitrogen and oxygen atoms in total. The van der Waals surface area contributed by atoms with E-state index in [-0.39, 0.29) is 11.7 Å². The molecule has 0 aromatic heterocycles. The summed E-state index contributed by atoms with van der Waals surface area (Å²) in [6.07, 6.45) is -3.03. The largest absolute Gasteiger partial charge is 0.416 e. The minimum absolute atomic E-state index is 0.261. The van der Waals surface area contributed by atoms with E-state index in [9.17, 15) is 13.2 Å². The van der Waals surface area contributed by atoms with Crippen LogP contribution in [0.25, 0.3) is 0 Å². The first-order valence-electron chi connectivity index (χ1n) is 7.46. The van der Waals surface area contributed by atoms with Gasteiger partial charge in [-0.05, 0) is 31.5 Å². The maximum absolute atomic E-state index is 13.2. The third-order valence-electron chi connectivity index (χ3n) is 3.35. The fraction of sp³-hybridized carbons (Fsp3) is 0.625. The van der Waals surface area contributed by atoms with Crippen LogP contribution >= 0.6 is 0 Å². The zero-order chi connectivity index (χ0) is 15.9. The molecule has 120 valence electrons. The van der Waals surface area contributed by atoms with Crippen molar-refractivity contribution in [1.82, 2.24) is 5.32 Å². The highest BCUT2D eigenvalue weighted by atomic mass is 19.4. The predicted octanol–water partition coefficient (Wildman–Crippen LogP) is 4.56. The highest BCUT2D eigenvalue weighted by Gasteiger charge is 2.36. The molecule has 0 aliphatic carbocycles. The van der Waals surface area contributed by atoms with Gasteiger partial charge < -0.3 is 10.1 Å². The Bertz CT molecular complexity index is 414. The van der Waals surface area contributed by atoms with E-state index in [1.807, 2.05) is 20.8 Å². The quantitative estimate of drug-likeness (QED) is 0.760.